The van der Waals surface area contributed by atoms with Crippen molar-refractivity contribution in [1.82, 2.24) is 0 Å². The fourth-order valence-electron chi connectivity index (χ4n) is 1.80. The van der Waals surface area contributed by atoms with Gasteiger partial charge in [-0.3, -0.25) is 4.79 Å². The Balaban J connectivity index is 0.00000144. The summed E-state index contributed by atoms with van der Waals surface area (Å²) in [6, 6.07) is 4.27. The zero-order chi connectivity index (χ0) is 11.8. The second-order valence-electron chi connectivity index (χ2n) is 4.42. The largest absolute Gasteiger partial charge is 0.324 e. The van der Waals surface area contributed by atoms with Gasteiger partial charge in [0.25, 0.3) is 0 Å². The molecule has 3 N–H and O–H groups in total. The fraction of sp³-hybridized carbons (Fsp3) is 0.417. The molecule has 1 saturated carbocycles. The standard InChI is InChI=1S/C12H15FN2O.ClH/c1-8-7-9(13)3-4-10(8)15-11(16)12(14)5-2-6-12;/h3-4,7H,2,5-6,14H2,1H3,(H,15,16);1H. The molecule has 0 aliphatic heterocycles. The smallest absolute Gasteiger partial charge is 0.244 e. The predicted octanol–water partition coefficient (Wildman–Crippen LogP) is 2.38. The van der Waals surface area contributed by atoms with Gasteiger partial charge in [0.05, 0.1) is 5.54 Å². The van der Waals surface area contributed by atoms with Crippen molar-refractivity contribution in [2.75, 3.05) is 5.32 Å². The number of carbonyl (C=O) groups excluding carboxylic acids is 1. The molecule has 0 spiro atoms. The number of amides is 1. The van der Waals surface area contributed by atoms with Crippen molar-refractivity contribution in [1.29, 1.82) is 0 Å². The highest BCUT2D eigenvalue weighted by atomic mass is 35.5. The maximum atomic E-state index is 12.9. The Labute approximate surface area is 106 Å². The van der Waals surface area contributed by atoms with Gasteiger partial charge in [-0.2, -0.15) is 0 Å². The van der Waals surface area contributed by atoms with E-state index in [1.165, 1.54) is 12.1 Å². The average molecular weight is 259 g/mol. The van der Waals surface area contributed by atoms with Crippen LogP contribution in [0.25, 0.3) is 0 Å². The fourth-order valence-corrected chi connectivity index (χ4v) is 1.80. The maximum Gasteiger partial charge on any atom is 0.244 e. The summed E-state index contributed by atoms with van der Waals surface area (Å²) in [6.45, 7) is 1.75. The molecule has 1 aliphatic rings. The van der Waals surface area contributed by atoms with Gasteiger partial charge in [0.2, 0.25) is 5.91 Å². The van der Waals surface area contributed by atoms with Gasteiger partial charge < -0.3 is 11.1 Å². The molecule has 0 heterocycles. The van der Waals surface area contributed by atoms with Crippen molar-refractivity contribution in [3.05, 3.63) is 29.6 Å². The van der Waals surface area contributed by atoms with Gasteiger partial charge in [-0.1, -0.05) is 0 Å². The highest BCUT2D eigenvalue weighted by Crippen LogP contribution is 2.30. The summed E-state index contributed by atoms with van der Waals surface area (Å²) >= 11 is 0. The van der Waals surface area contributed by atoms with Crippen molar-refractivity contribution in [3.8, 4) is 0 Å². The molecular weight excluding hydrogens is 243 g/mol. The van der Waals surface area contributed by atoms with E-state index in [4.69, 9.17) is 5.73 Å². The first-order valence-corrected chi connectivity index (χ1v) is 5.38. The minimum Gasteiger partial charge on any atom is -0.324 e. The zero-order valence-electron chi connectivity index (χ0n) is 9.63. The third-order valence-electron chi connectivity index (χ3n) is 3.13. The summed E-state index contributed by atoms with van der Waals surface area (Å²) < 4.78 is 12.9. The van der Waals surface area contributed by atoms with E-state index in [-0.39, 0.29) is 24.1 Å². The first kappa shape index (κ1) is 13.9. The quantitative estimate of drug-likeness (QED) is 0.856. The molecule has 94 valence electrons. The van der Waals surface area contributed by atoms with Crippen LogP contribution in [-0.2, 0) is 4.79 Å². The van der Waals surface area contributed by atoms with Crippen LogP contribution in [0.2, 0.25) is 0 Å². The number of aryl methyl sites for hydroxylation is 1. The number of hydrogen-bond acceptors (Lipinski definition) is 2. The molecule has 0 radical (unpaired) electrons. The van der Waals surface area contributed by atoms with E-state index in [0.717, 1.165) is 19.3 Å². The third-order valence-corrected chi connectivity index (χ3v) is 3.13. The van der Waals surface area contributed by atoms with Gasteiger partial charge in [0.15, 0.2) is 0 Å². The summed E-state index contributed by atoms with van der Waals surface area (Å²) in [5.41, 5.74) is 6.50. The van der Waals surface area contributed by atoms with Gasteiger partial charge in [0.1, 0.15) is 5.82 Å². The van der Waals surface area contributed by atoms with E-state index in [1.807, 2.05) is 0 Å². The van der Waals surface area contributed by atoms with Gasteiger partial charge >= 0.3 is 0 Å². The van der Waals surface area contributed by atoms with Gasteiger partial charge in [-0.05, 0) is 49.9 Å². The number of hydrogen-bond donors (Lipinski definition) is 2. The Kier molecular flexibility index (Phi) is 4.11. The van der Waals surface area contributed by atoms with Crippen LogP contribution in [0.3, 0.4) is 0 Å². The van der Waals surface area contributed by atoms with Crippen LogP contribution in [0.5, 0.6) is 0 Å². The van der Waals surface area contributed by atoms with Crippen LogP contribution in [0.15, 0.2) is 18.2 Å². The molecule has 17 heavy (non-hydrogen) atoms. The normalized spacial score (nSPS) is 16.6. The van der Waals surface area contributed by atoms with Crippen molar-refractivity contribution >= 4 is 24.0 Å². The molecule has 0 unspecified atom stereocenters. The monoisotopic (exact) mass is 258 g/mol. The lowest BCUT2D eigenvalue weighted by Gasteiger charge is -2.36. The van der Waals surface area contributed by atoms with E-state index in [0.29, 0.717) is 11.3 Å². The lowest BCUT2D eigenvalue weighted by Crippen LogP contribution is -2.56. The summed E-state index contributed by atoms with van der Waals surface area (Å²) in [7, 11) is 0. The molecule has 1 aromatic carbocycles. The number of nitrogens with two attached hydrogens (primary N) is 1. The average Bonchev–Trinajstić information content (AvgIpc) is 2.18. The van der Waals surface area contributed by atoms with Gasteiger partial charge in [-0.25, -0.2) is 4.39 Å². The third kappa shape index (κ3) is 2.76. The van der Waals surface area contributed by atoms with Crippen molar-refractivity contribution < 1.29 is 9.18 Å². The molecule has 0 bridgehead atoms. The molecule has 1 aromatic rings. The number of carbonyl (C=O) groups is 1. The molecule has 0 saturated heterocycles. The summed E-state index contributed by atoms with van der Waals surface area (Å²) in [5, 5.41) is 2.75. The Bertz CT molecular complexity index is 433. The van der Waals surface area contributed by atoms with E-state index < -0.39 is 5.54 Å². The second-order valence-corrected chi connectivity index (χ2v) is 4.42. The topological polar surface area (TPSA) is 55.1 Å². The Morgan fingerprint density at radius 2 is 2.12 bits per heavy atom. The first-order chi connectivity index (χ1) is 7.51. The van der Waals surface area contributed by atoms with E-state index in [1.54, 1.807) is 13.0 Å². The number of benzene rings is 1. The Morgan fingerprint density at radius 1 is 1.47 bits per heavy atom. The highest BCUT2D eigenvalue weighted by molar-refractivity contribution is 5.99. The predicted molar refractivity (Wildman–Crippen MR) is 67.8 cm³/mol. The number of anilines is 1. The maximum absolute atomic E-state index is 12.9. The highest BCUT2D eigenvalue weighted by Gasteiger charge is 2.40. The molecule has 3 nitrogen and oxygen atoms in total. The molecule has 1 fully saturated rings. The second kappa shape index (κ2) is 5.02. The molecule has 0 aromatic heterocycles. The SMILES string of the molecule is Cc1cc(F)ccc1NC(=O)C1(N)CCC1.Cl. The molecule has 5 heteroatoms. The zero-order valence-corrected chi connectivity index (χ0v) is 10.4. The summed E-state index contributed by atoms with van der Waals surface area (Å²) in [4.78, 5) is 11.8. The molecule has 1 amide bonds. The molecule has 1 aliphatic carbocycles. The molecule has 0 atom stereocenters. The minimum atomic E-state index is -0.721. The number of nitrogens with one attached hydrogen (secondary N) is 1. The summed E-state index contributed by atoms with van der Waals surface area (Å²) in [6.07, 6.45) is 2.43. The number of rotatable bonds is 2. The van der Waals surface area contributed by atoms with Crippen LogP contribution in [0.4, 0.5) is 10.1 Å². The Morgan fingerprint density at radius 3 is 2.59 bits per heavy atom. The van der Waals surface area contributed by atoms with Crippen molar-refractivity contribution in [3.63, 3.8) is 0 Å². The van der Waals surface area contributed by atoms with E-state index in [9.17, 15) is 9.18 Å². The molecular formula is C12H16ClFN2O. The van der Waals surface area contributed by atoms with Crippen molar-refractivity contribution in [2.24, 2.45) is 5.73 Å². The van der Waals surface area contributed by atoms with E-state index >= 15 is 0 Å². The van der Waals surface area contributed by atoms with Gasteiger partial charge in [-0.15, -0.1) is 12.4 Å². The van der Waals surface area contributed by atoms with Crippen molar-refractivity contribution in [2.45, 2.75) is 31.7 Å². The van der Waals surface area contributed by atoms with Crippen LogP contribution in [0, 0.1) is 12.7 Å². The first-order valence-electron chi connectivity index (χ1n) is 5.38. The number of halogens is 2. The molecule has 2 rings (SSSR count). The van der Waals surface area contributed by atoms with E-state index in [2.05, 4.69) is 5.32 Å². The lowest BCUT2D eigenvalue weighted by molar-refractivity contribution is -0.123. The van der Waals surface area contributed by atoms with Gasteiger partial charge in [0, 0.05) is 5.69 Å². The minimum absolute atomic E-state index is 0. The van der Waals surface area contributed by atoms with Crippen LogP contribution in [-0.4, -0.2) is 11.4 Å². The van der Waals surface area contributed by atoms with Crippen LogP contribution >= 0.6 is 12.4 Å². The van der Waals surface area contributed by atoms with Crippen LogP contribution in [0.1, 0.15) is 24.8 Å². The Hall–Kier alpha value is -1.13. The van der Waals surface area contributed by atoms with Crippen LogP contribution < -0.4 is 11.1 Å². The summed E-state index contributed by atoms with van der Waals surface area (Å²) in [5.74, 6) is -0.477. The lowest BCUT2D eigenvalue weighted by atomic mass is 9.77.